The van der Waals surface area contributed by atoms with Crippen LogP contribution in [-0.4, -0.2) is 41.0 Å². The van der Waals surface area contributed by atoms with Crippen LogP contribution in [0, 0.1) is 10.1 Å². The topological polar surface area (TPSA) is 115 Å². The zero-order chi connectivity index (χ0) is 23.5. The number of para-hydroxylation sites is 1. The van der Waals surface area contributed by atoms with Crippen LogP contribution in [-0.2, 0) is 9.53 Å². The van der Waals surface area contributed by atoms with Crippen molar-refractivity contribution in [2.24, 2.45) is 4.99 Å². The zero-order valence-electron chi connectivity index (χ0n) is 17.6. The van der Waals surface area contributed by atoms with E-state index in [1.54, 1.807) is 67.7 Å². The van der Waals surface area contributed by atoms with Crippen LogP contribution < -0.4 is 0 Å². The van der Waals surface area contributed by atoms with E-state index in [-0.39, 0.29) is 11.6 Å². The van der Waals surface area contributed by atoms with Crippen LogP contribution in [0.5, 0.6) is 0 Å². The molecule has 33 heavy (non-hydrogen) atoms. The fourth-order valence-corrected chi connectivity index (χ4v) is 4.06. The Morgan fingerprint density at radius 3 is 2.58 bits per heavy atom. The van der Waals surface area contributed by atoms with Crippen LogP contribution in [0.25, 0.3) is 17.4 Å². The number of carbonyl (C=O) groups excluding carboxylic acids is 2. The number of benzene rings is 2. The second-order valence-electron chi connectivity index (χ2n) is 6.88. The van der Waals surface area contributed by atoms with Crippen LogP contribution in [0.3, 0.4) is 0 Å². The standard InChI is InChI=1S/C23H17N3O6S/c1-25-21(27)20(33-23(25)24-15-9-7-14(8-10-15)22(28)31-2)13-16-11-12-19(32-16)17-5-3-4-6-18(17)26(29)30/h3-13H,1-2H3/b20-13-,24-23?. The van der Waals surface area contributed by atoms with Gasteiger partial charge in [0.25, 0.3) is 11.6 Å². The Morgan fingerprint density at radius 1 is 1.15 bits per heavy atom. The van der Waals surface area contributed by atoms with Crippen molar-refractivity contribution in [3.63, 3.8) is 0 Å². The highest BCUT2D eigenvalue weighted by Gasteiger charge is 2.31. The molecular formula is C23H17N3O6S. The Morgan fingerprint density at radius 2 is 1.88 bits per heavy atom. The summed E-state index contributed by atoms with van der Waals surface area (Å²) >= 11 is 1.17. The molecule has 0 spiro atoms. The monoisotopic (exact) mass is 463 g/mol. The maximum Gasteiger partial charge on any atom is 0.337 e. The Hall–Kier alpha value is -4.18. The number of hydrogen-bond acceptors (Lipinski definition) is 8. The molecule has 0 unspecified atom stereocenters. The molecule has 1 amide bonds. The van der Waals surface area contributed by atoms with Gasteiger partial charge in [0.1, 0.15) is 11.5 Å². The number of ether oxygens (including phenoxy) is 1. The van der Waals surface area contributed by atoms with Crippen molar-refractivity contribution >= 4 is 46.3 Å². The molecule has 4 rings (SSSR count). The first kappa shape index (κ1) is 22.0. The lowest BCUT2D eigenvalue weighted by Gasteiger charge is -2.07. The highest BCUT2D eigenvalue weighted by atomic mass is 32.2. The number of thioether (sulfide) groups is 1. The Kier molecular flexibility index (Phi) is 6.09. The van der Waals surface area contributed by atoms with E-state index in [1.807, 2.05) is 0 Å². The highest BCUT2D eigenvalue weighted by molar-refractivity contribution is 8.18. The molecule has 10 heteroatoms. The number of carbonyl (C=O) groups is 2. The minimum absolute atomic E-state index is 0.0651. The van der Waals surface area contributed by atoms with Crippen LogP contribution in [0.1, 0.15) is 16.1 Å². The Balaban J connectivity index is 1.57. The van der Waals surface area contributed by atoms with E-state index in [1.165, 1.54) is 29.8 Å². The van der Waals surface area contributed by atoms with E-state index in [2.05, 4.69) is 9.73 Å². The van der Waals surface area contributed by atoms with Crippen LogP contribution >= 0.6 is 11.8 Å². The number of aliphatic imine (C=N–C) groups is 1. The van der Waals surface area contributed by atoms with Gasteiger partial charge in [-0.15, -0.1) is 0 Å². The number of esters is 1. The molecule has 0 radical (unpaired) electrons. The first-order chi connectivity index (χ1) is 15.9. The van der Waals surface area contributed by atoms with E-state index in [0.717, 1.165) is 0 Å². The number of hydrogen-bond donors (Lipinski definition) is 0. The Bertz CT molecular complexity index is 1310. The summed E-state index contributed by atoms with van der Waals surface area (Å²) in [6.45, 7) is 0. The fraction of sp³-hybridized carbons (Fsp3) is 0.0870. The maximum atomic E-state index is 12.7. The van der Waals surface area contributed by atoms with Crippen molar-refractivity contribution < 1.29 is 23.7 Å². The number of nitrogens with zero attached hydrogens (tertiary/aromatic N) is 3. The molecular weight excluding hydrogens is 446 g/mol. The van der Waals surface area contributed by atoms with Crippen LogP contribution in [0.4, 0.5) is 11.4 Å². The molecule has 1 fully saturated rings. The summed E-state index contributed by atoms with van der Waals surface area (Å²) in [5.41, 5.74) is 1.26. The van der Waals surface area contributed by atoms with Gasteiger partial charge in [-0.3, -0.25) is 19.8 Å². The van der Waals surface area contributed by atoms with Gasteiger partial charge in [-0.2, -0.15) is 0 Å². The van der Waals surface area contributed by atoms with Crippen LogP contribution in [0.2, 0.25) is 0 Å². The van der Waals surface area contributed by atoms with E-state index in [4.69, 9.17) is 4.42 Å². The summed E-state index contributed by atoms with van der Waals surface area (Å²) < 4.78 is 10.4. The molecule has 9 nitrogen and oxygen atoms in total. The predicted octanol–water partition coefficient (Wildman–Crippen LogP) is 4.88. The van der Waals surface area contributed by atoms with Crippen LogP contribution in [0.15, 0.2) is 75.0 Å². The van der Waals surface area contributed by atoms with Gasteiger partial charge < -0.3 is 9.15 Å². The van der Waals surface area contributed by atoms with Gasteiger partial charge in [0.2, 0.25) is 0 Å². The van der Waals surface area contributed by atoms with Crippen molar-refractivity contribution in [1.29, 1.82) is 0 Å². The minimum atomic E-state index is -0.470. The molecule has 1 aliphatic rings. The first-order valence-electron chi connectivity index (χ1n) is 9.65. The van der Waals surface area contributed by atoms with Gasteiger partial charge in [-0.05, 0) is 54.2 Å². The first-order valence-corrected chi connectivity index (χ1v) is 10.5. The molecule has 0 N–H and O–H groups in total. The van der Waals surface area contributed by atoms with Gasteiger partial charge in [0, 0.05) is 19.2 Å². The second-order valence-corrected chi connectivity index (χ2v) is 7.89. The van der Waals surface area contributed by atoms with E-state index >= 15 is 0 Å². The number of likely N-dealkylation sites (N-methyl/N-ethyl adjacent to an activating group) is 1. The predicted molar refractivity (Wildman–Crippen MR) is 124 cm³/mol. The van der Waals surface area contributed by atoms with Crippen molar-refractivity contribution in [3.05, 3.63) is 87.0 Å². The van der Waals surface area contributed by atoms with Gasteiger partial charge in [0.05, 0.1) is 33.8 Å². The summed E-state index contributed by atoms with van der Waals surface area (Å²) in [6.07, 6.45) is 1.57. The van der Waals surface area contributed by atoms with Crippen molar-refractivity contribution in [2.45, 2.75) is 0 Å². The smallest absolute Gasteiger partial charge is 0.337 e. The number of methoxy groups -OCH3 is 1. The Labute approximate surface area is 192 Å². The average molecular weight is 463 g/mol. The lowest BCUT2D eigenvalue weighted by molar-refractivity contribution is -0.384. The maximum absolute atomic E-state index is 12.7. The summed E-state index contributed by atoms with van der Waals surface area (Å²) in [5.74, 6) is 0.0165. The molecule has 0 saturated carbocycles. The van der Waals surface area contributed by atoms with Crippen molar-refractivity contribution in [2.75, 3.05) is 14.2 Å². The fourth-order valence-electron chi connectivity index (χ4n) is 3.10. The lowest BCUT2D eigenvalue weighted by atomic mass is 10.1. The summed E-state index contributed by atoms with van der Waals surface area (Å²) in [6, 6.07) is 16.1. The number of amidine groups is 1. The third-order valence-electron chi connectivity index (χ3n) is 4.78. The number of rotatable bonds is 5. The van der Waals surface area contributed by atoms with Crippen molar-refractivity contribution in [3.8, 4) is 11.3 Å². The van der Waals surface area contributed by atoms with E-state index < -0.39 is 10.9 Å². The third-order valence-corrected chi connectivity index (χ3v) is 5.84. The largest absolute Gasteiger partial charge is 0.465 e. The molecule has 1 aromatic heterocycles. The zero-order valence-corrected chi connectivity index (χ0v) is 18.4. The molecule has 166 valence electrons. The molecule has 1 aliphatic heterocycles. The molecule has 1 saturated heterocycles. The summed E-state index contributed by atoms with van der Waals surface area (Å²) in [5, 5.41) is 11.7. The quantitative estimate of drug-likeness (QED) is 0.229. The van der Waals surface area contributed by atoms with Gasteiger partial charge in [0.15, 0.2) is 5.17 Å². The molecule has 2 aromatic carbocycles. The second kappa shape index (κ2) is 9.13. The van der Waals surface area contributed by atoms with E-state index in [9.17, 15) is 19.7 Å². The lowest BCUT2D eigenvalue weighted by Crippen LogP contribution is -2.23. The molecule has 0 bridgehead atoms. The highest BCUT2D eigenvalue weighted by Crippen LogP contribution is 2.35. The molecule has 3 aromatic rings. The molecule has 2 heterocycles. The normalized spacial score (nSPS) is 15.9. The number of amides is 1. The number of nitro groups is 1. The third kappa shape index (κ3) is 4.55. The van der Waals surface area contributed by atoms with Crippen molar-refractivity contribution in [1.82, 2.24) is 4.90 Å². The molecule has 0 aliphatic carbocycles. The summed E-state index contributed by atoms with van der Waals surface area (Å²) in [7, 11) is 2.92. The number of nitro benzene ring substituents is 1. The van der Waals surface area contributed by atoms with Gasteiger partial charge in [-0.25, -0.2) is 9.79 Å². The minimum Gasteiger partial charge on any atom is -0.465 e. The average Bonchev–Trinajstić information content (AvgIpc) is 3.39. The summed E-state index contributed by atoms with van der Waals surface area (Å²) in [4.78, 5) is 41.3. The molecule has 0 atom stereocenters. The van der Waals surface area contributed by atoms with E-state index in [0.29, 0.717) is 38.4 Å². The van der Waals surface area contributed by atoms with Gasteiger partial charge >= 0.3 is 5.97 Å². The number of furan rings is 1. The SMILES string of the molecule is COC(=O)c1ccc(N=C2S/C(=C\c3ccc(-c4ccccc4[N+](=O)[O-])o3)C(=O)N2C)cc1. The van der Waals surface area contributed by atoms with Gasteiger partial charge in [-0.1, -0.05) is 12.1 Å².